The Morgan fingerprint density at radius 3 is 2.37 bits per heavy atom. The SMILES string of the molecule is CC(=O)N1CCN(C(=O)CCC(=O)O[C@@H](C)C(=O)Nc2ccc3c(c2)CCC3)CC1. The molecule has 30 heavy (non-hydrogen) atoms. The van der Waals surface area contributed by atoms with Gasteiger partial charge in [0, 0.05) is 45.2 Å². The Kier molecular flexibility index (Phi) is 7.07. The largest absolute Gasteiger partial charge is 0.453 e. The molecule has 0 bridgehead atoms. The fraction of sp³-hybridized carbons (Fsp3) is 0.545. The quantitative estimate of drug-likeness (QED) is 0.711. The Balaban J connectivity index is 1.39. The number of hydrogen-bond donors (Lipinski definition) is 1. The van der Waals surface area contributed by atoms with Crippen molar-refractivity contribution in [3.8, 4) is 0 Å². The second-order valence-corrected chi connectivity index (χ2v) is 7.85. The van der Waals surface area contributed by atoms with Crippen LogP contribution in [0.15, 0.2) is 18.2 Å². The molecule has 1 heterocycles. The van der Waals surface area contributed by atoms with Gasteiger partial charge >= 0.3 is 5.97 Å². The maximum Gasteiger partial charge on any atom is 0.307 e. The lowest BCUT2D eigenvalue weighted by molar-refractivity contribution is -0.154. The van der Waals surface area contributed by atoms with Crippen molar-refractivity contribution in [3.05, 3.63) is 29.3 Å². The molecule has 1 atom stereocenters. The van der Waals surface area contributed by atoms with Crippen LogP contribution >= 0.6 is 0 Å². The molecule has 1 N–H and O–H groups in total. The van der Waals surface area contributed by atoms with Crippen molar-refractivity contribution in [3.63, 3.8) is 0 Å². The molecule has 3 rings (SSSR count). The van der Waals surface area contributed by atoms with Crippen LogP contribution in [0.3, 0.4) is 0 Å². The lowest BCUT2D eigenvalue weighted by Crippen LogP contribution is -2.50. The highest BCUT2D eigenvalue weighted by Crippen LogP contribution is 2.25. The van der Waals surface area contributed by atoms with Crippen LogP contribution in [0.25, 0.3) is 0 Å². The van der Waals surface area contributed by atoms with E-state index < -0.39 is 18.0 Å². The first-order valence-corrected chi connectivity index (χ1v) is 10.5. The van der Waals surface area contributed by atoms with E-state index in [1.165, 1.54) is 25.0 Å². The Hall–Kier alpha value is -2.90. The van der Waals surface area contributed by atoms with Crippen molar-refractivity contribution >= 4 is 29.4 Å². The number of amides is 3. The first-order valence-electron chi connectivity index (χ1n) is 10.5. The molecule has 8 heteroatoms. The van der Waals surface area contributed by atoms with Crippen LogP contribution in [-0.2, 0) is 36.8 Å². The highest BCUT2D eigenvalue weighted by molar-refractivity contribution is 5.95. The summed E-state index contributed by atoms with van der Waals surface area (Å²) in [6.45, 7) is 4.97. The molecule has 3 amide bonds. The van der Waals surface area contributed by atoms with E-state index in [9.17, 15) is 19.2 Å². The Labute approximate surface area is 176 Å². The molecule has 1 aromatic carbocycles. The van der Waals surface area contributed by atoms with Crippen LogP contribution in [0.2, 0.25) is 0 Å². The number of carbonyl (C=O) groups excluding carboxylic acids is 4. The Morgan fingerprint density at radius 1 is 1.00 bits per heavy atom. The molecule has 1 aliphatic heterocycles. The lowest BCUT2D eigenvalue weighted by Gasteiger charge is -2.34. The van der Waals surface area contributed by atoms with E-state index in [2.05, 4.69) is 5.32 Å². The molecule has 0 saturated carbocycles. The minimum absolute atomic E-state index is 0.00201. The van der Waals surface area contributed by atoms with Crippen LogP contribution in [0, 0.1) is 0 Å². The molecule has 162 valence electrons. The van der Waals surface area contributed by atoms with Gasteiger partial charge in [-0.25, -0.2) is 0 Å². The number of fused-ring (bicyclic) bond motifs is 1. The summed E-state index contributed by atoms with van der Waals surface area (Å²) >= 11 is 0. The third-order valence-corrected chi connectivity index (χ3v) is 5.66. The number of anilines is 1. The number of hydrogen-bond acceptors (Lipinski definition) is 5. The van der Waals surface area contributed by atoms with Gasteiger partial charge in [-0.1, -0.05) is 6.07 Å². The zero-order valence-electron chi connectivity index (χ0n) is 17.6. The summed E-state index contributed by atoms with van der Waals surface area (Å²) in [5.41, 5.74) is 3.27. The zero-order valence-corrected chi connectivity index (χ0v) is 17.6. The van der Waals surface area contributed by atoms with E-state index >= 15 is 0 Å². The number of rotatable bonds is 6. The minimum atomic E-state index is -0.944. The van der Waals surface area contributed by atoms with Gasteiger partial charge < -0.3 is 19.9 Å². The molecule has 0 spiro atoms. The third-order valence-electron chi connectivity index (χ3n) is 5.66. The van der Waals surface area contributed by atoms with E-state index in [-0.39, 0.29) is 24.7 Å². The van der Waals surface area contributed by atoms with E-state index in [4.69, 9.17) is 4.74 Å². The van der Waals surface area contributed by atoms with Crippen LogP contribution in [0.4, 0.5) is 5.69 Å². The van der Waals surface area contributed by atoms with Crippen molar-refractivity contribution in [2.24, 2.45) is 0 Å². The fourth-order valence-electron chi connectivity index (χ4n) is 3.84. The molecular weight excluding hydrogens is 386 g/mol. The average Bonchev–Trinajstić information content (AvgIpc) is 3.19. The topological polar surface area (TPSA) is 96.0 Å². The lowest BCUT2D eigenvalue weighted by atomic mass is 10.1. The van der Waals surface area contributed by atoms with Crippen LogP contribution in [0.5, 0.6) is 0 Å². The van der Waals surface area contributed by atoms with E-state index in [0.717, 1.165) is 19.3 Å². The molecule has 0 radical (unpaired) electrons. The molecule has 1 aromatic rings. The van der Waals surface area contributed by atoms with E-state index in [1.54, 1.807) is 9.80 Å². The first-order chi connectivity index (χ1) is 14.3. The second-order valence-electron chi connectivity index (χ2n) is 7.85. The summed E-state index contributed by atoms with van der Waals surface area (Å²) in [4.78, 5) is 51.3. The molecule has 1 saturated heterocycles. The van der Waals surface area contributed by atoms with Crippen molar-refractivity contribution in [1.82, 2.24) is 9.80 Å². The molecular formula is C22H29N3O5. The van der Waals surface area contributed by atoms with Crippen LogP contribution in [0.1, 0.15) is 44.2 Å². The van der Waals surface area contributed by atoms with Crippen LogP contribution < -0.4 is 5.32 Å². The summed E-state index contributed by atoms with van der Waals surface area (Å²) in [5.74, 6) is -1.13. The predicted molar refractivity (Wildman–Crippen MR) is 111 cm³/mol. The highest BCUT2D eigenvalue weighted by Gasteiger charge is 2.24. The smallest absolute Gasteiger partial charge is 0.307 e. The summed E-state index contributed by atoms with van der Waals surface area (Å²) in [6, 6.07) is 5.86. The summed E-state index contributed by atoms with van der Waals surface area (Å²) < 4.78 is 5.19. The van der Waals surface area contributed by atoms with Crippen molar-refractivity contribution < 1.29 is 23.9 Å². The van der Waals surface area contributed by atoms with Gasteiger partial charge in [0.25, 0.3) is 5.91 Å². The molecule has 8 nitrogen and oxygen atoms in total. The van der Waals surface area contributed by atoms with Gasteiger partial charge in [0.1, 0.15) is 0 Å². The Bertz CT molecular complexity index is 830. The standard InChI is InChI=1S/C22H29N3O5/c1-15(22(29)23-19-7-6-17-4-3-5-18(17)14-19)30-21(28)9-8-20(27)25-12-10-24(11-13-25)16(2)26/h6-7,14-15H,3-5,8-13H2,1-2H3,(H,23,29)/t15-/m0/s1. The molecule has 0 aromatic heterocycles. The van der Waals surface area contributed by atoms with Gasteiger partial charge in [-0.3, -0.25) is 19.2 Å². The normalized spacial score (nSPS) is 16.6. The number of aryl methyl sites for hydroxylation is 2. The summed E-state index contributed by atoms with van der Waals surface area (Å²) in [7, 11) is 0. The molecule has 0 unspecified atom stereocenters. The van der Waals surface area contributed by atoms with E-state index in [1.807, 2.05) is 18.2 Å². The van der Waals surface area contributed by atoms with Crippen molar-refractivity contribution in [2.45, 2.75) is 52.1 Å². The molecule has 1 aliphatic carbocycles. The average molecular weight is 415 g/mol. The first kappa shape index (κ1) is 21.8. The second kappa shape index (κ2) is 9.73. The maximum absolute atomic E-state index is 12.3. The van der Waals surface area contributed by atoms with Gasteiger partial charge in [-0.05, 0) is 49.4 Å². The molecule has 1 fully saturated rings. The number of piperazine rings is 1. The third kappa shape index (κ3) is 5.58. The number of nitrogens with one attached hydrogen (secondary N) is 1. The minimum Gasteiger partial charge on any atom is -0.453 e. The van der Waals surface area contributed by atoms with Gasteiger partial charge in [0.15, 0.2) is 6.10 Å². The Morgan fingerprint density at radius 2 is 1.67 bits per heavy atom. The van der Waals surface area contributed by atoms with Gasteiger partial charge in [-0.2, -0.15) is 0 Å². The predicted octanol–water partition coefficient (Wildman–Crippen LogP) is 1.52. The fourth-order valence-corrected chi connectivity index (χ4v) is 3.84. The van der Waals surface area contributed by atoms with Gasteiger partial charge in [0.2, 0.25) is 11.8 Å². The monoisotopic (exact) mass is 415 g/mol. The zero-order chi connectivity index (χ0) is 21.7. The van der Waals surface area contributed by atoms with Crippen molar-refractivity contribution in [1.29, 1.82) is 0 Å². The number of benzene rings is 1. The van der Waals surface area contributed by atoms with Crippen molar-refractivity contribution in [2.75, 3.05) is 31.5 Å². The van der Waals surface area contributed by atoms with Gasteiger partial charge in [-0.15, -0.1) is 0 Å². The highest BCUT2D eigenvalue weighted by atomic mass is 16.5. The summed E-state index contributed by atoms with van der Waals surface area (Å²) in [6.07, 6.45) is 2.22. The molecule has 2 aliphatic rings. The number of esters is 1. The number of carbonyl (C=O) groups is 4. The van der Waals surface area contributed by atoms with Crippen LogP contribution in [-0.4, -0.2) is 65.8 Å². The number of ether oxygens (including phenoxy) is 1. The van der Waals surface area contributed by atoms with E-state index in [0.29, 0.717) is 31.9 Å². The maximum atomic E-state index is 12.3. The summed E-state index contributed by atoms with van der Waals surface area (Å²) in [5, 5.41) is 2.78. The number of nitrogens with zero attached hydrogens (tertiary/aromatic N) is 2. The van der Waals surface area contributed by atoms with Gasteiger partial charge in [0.05, 0.1) is 6.42 Å².